The molecule has 142 valence electrons. The Bertz CT molecular complexity index is 916. The van der Waals surface area contributed by atoms with Crippen LogP contribution < -0.4 is 0 Å². The average molecular weight is 368 g/mol. The quantitative estimate of drug-likeness (QED) is 0.825. The number of carbonyl (C=O) groups excluding carboxylic acids is 2. The minimum atomic E-state index is -1.64. The Morgan fingerprint density at radius 3 is 2.41 bits per heavy atom. The maximum absolute atomic E-state index is 13.6. The van der Waals surface area contributed by atoms with Crippen molar-refractivity contribution in [3.8, 4) is 0 Å². The van der Waals surface area contributed by atoms with Crippen molar-refractivity contribution in [3.05, 3.63) is 47.2 Å². The van der Waals surface area contributed by atoms with Crippen LogP contribution >= 0.6 is 0 Å². The van der Waals surface area contributed by atoms with Crippen molar-refractivity contribution >= 4 is 11.6 Å². The highest BCUT2D eigenvalue weighted by atomic mass is 16.5. The molecule has 5 aliphatic rings. The van der Waals surface area contributed by atoms with E-state index < -0.39 is 28.1 Å². The fourth-order valence-corrected chi connectivity index (χ4v) is 5.96. The lowest BCUT2D eigenvalue weighted by atomic mass is 9.39. The van der Waals surface area contributed by atoms with Gasteiger partial charge in [0.05, 0.1) is 24.0 Å². The fraction of sp³-hybridized carbons (Fsp3) is 0.545. The summed E-state index contributed by atoms with van der Waals surface area (Å²) in [6.45, 7) is 7.68. The van der Waals surface area contributed by atoms with Crippen LogP contribution in [0.5, 0.6) is 0 Å². The van der Waals surface area contributed by atoms with E-state index in [-0.39, 0.29) is 36.1 Å². The molecule has 1 saturated carbocycles. The fourth-order valence-electron chi connectivity index (χ4n) is 5.96. The van der Waals surface area contributed by atoms with Gasteiger partial charge in [-0.05, 0) is 24.8 Å². The van der Waals surface area contributed by atoms with Crippen molar-refractivity contribution in [2.75, 3.05) is 6.61 Å². The van der Waals surface area contributed by atoms with Gasteiger partial charge in [0.25, 0.3) is 0 Å². The lowest BCUT2D eigenvalue weighted by Gasteiger charge is -2.64. The summed E-state index contributed by atoms with van der Waals surface area (Å²) in [5.41, 5.74) is -3.51. The van der Waals surface area contributed by atoms with E-state index in [1.54, 1.807) is 6.92 Å². The molecule has 5 heteroatoms. The average Bonchev–Trinajstić information content (AvgIpc) is 2.90. The number of allylic oxidation sites excluding steroid dienone is 1. The minimum Gasteiger partial charge on any atom is -0.488 e. The van der Waals surface area contributed by atoms with Crippen molar-refractivity contribution < 1.29 is 24.2 Å². The van der Waals surface area contributed by atoms with Crippen LogP contribution in [0.4, 0.5) is 0 Å². The third-order valence-electron chi connectivity index (χ3n) is 7.96. The van der Waals surface area contributed by atoms with Gasteiger partial charge in [-0.3, -0.25) is 9.59 Å². The molecule has 1 N–H and O–H groups in total. The Balaban J connectivity index is 1.76. The monoisotopic (exact) mass is 368 g/mol. The normalized spacial score (nSPS) is 44.3. The van der Waals surface area contributed by atoms with Crippen LogP contribution in [0.2, 0.25) is 0 Å². The molecule has 0 aromatic heterocycles. The predicted molar refractivity (Wildman–Crippen MR) is 96.6 cm³/mol. The number of benzene rings is 1. The number of aliphatic hydroxyl groups is 1. The number of Topliss-reactive ketones (excluding diaryl/α,β-unsaturated/α-hetero) is 2. The van der Waals surface area contributed by atoms with Crippen LogP contribution in [0.15, 0.2) is 41.7 Å². The molecule has 6 rings (SSSR count). The molecule has 2 heterocycles. The molecule has 2 aliphatic heterocycles. The van der Waals surface area contributed by atoms with Crippen LogP contribution in [0.1, 0.15) is 45.8 Å². The smallest absolute Gasteiger partial charge is 0.181 e. The van der Waals surface area contributed by atoms with Crippen molar-refractivity contribution in [1.82, 2.24) is 0 Å². The minimum absolute atomic E-state index is 0.149. The topological polar surface area (TPSA) is 72.8 Å². The van der Waals surface area contributed by atoms with Crippen LogP contribution in [-0.4, -0.2) is 34.5 Å². The first-order valence-electron chi connectivity index (χ1n) is 9.51. The second kappa shape index (κ2) is 4.70. The zero-order valence-electron chi connectivity index (χ0n) is 16.0. The molecular weight excluding hydrogens is 344 g/mol. The molecule has 0 spiro atoms. The second-order valence-electron chi connectivity index (χ2n) is 9.19. The Hall–Kier alpha value is -1.98. The molecule has 4 bridgehead atoms. The standard InChI is InChI=1S/C22H24O5/c1-19(2)15-11-26-21(4)18(24)20(19,3)17-16(22(15,21)25)13(23)10-14(27-17)12-8-6-5-7-9-12/h5-9,14-15,25H,10-11H2,1-4H3/t14-,15?,20-,21+,22-/m1/s1. The maximum Gasteiger partial charge on any atom is 0.181 e. The third kappa shape index (κ3) is 1.57. The molecule has 1 aromatic carbocycles. The summed E-state index contributed by atoms with van der Waals surface area (Å²) in [4.78, 5) is 26.9. The van der Waals surface area contributed by atoms with Gasteiger partial charge in [-0.15, -0.1) is 0 Å². The van der Waals surface area contributed by atoms with E-state index in [1.807, 2.05) is 51.1 Å². The Labute approximate surface area is 158 Å². The molecule has 3 aliphatic carbocycles. The number of carbonyl (C=O) groups is 2. The maximum atomic E-state index is 13.6. The van der Waals surface area contributed by atoms with E-state index in [4.69, 9.17) is 9.47 Å². The molecule has 5 atom stereocenters. The molecular formula is C22H24O5. The van der Waals surface area contributed by atoms with Crippen molar-refractivity contribution in [1.29, 1.82) is 0 Å². The number of ketones is 2. The van der Waals surface area contributed by atoms with E-state index >= 15 is 0 Å². The van der Waals surface area contributed by atoms with Gasteiger partial charge in [0.15, 0.2) is 17.2 Å². The molecule has 5 nitrogen and oxygen atoms in total. The molecule has 0 radical (unpaired) electrons. The van der Waals surface area contributed by atoms with Gasteiger partial charge in [-0.25, -0.2) is 0 Å². The number of ether oxygens (including phenoxy) is 2. The summed E-state index contributed by atoms with van der Waals surface area (Å²) in [5.74, 6) is -0.332. The van der Waals surface area contributed by atoms with Crippen LogP contribution in [0.3, 0.4) is 0 Å². The largest absolute Gasteiger partial charge is 0.488 e. The summed E-state index contributed by atoms with van der Waals surface area (Å²) in [6.07, 6.45) is -0.300. The molecule has 2 fully saturated rings. The first-order chi connectivity index (χ1) is 12.6. The Morgan fingerprint density at radius 2 is 1.74 bits per heavy atom. The highest BCUT2D eigenvalue weighted by molar-refractivity contribution is 6.09. The van der Waals surface area contributed by atoms with Gasteiger partial charge in [0.1, 0.15) is 17.5 Å². The van der Waals surface area contributed by atoms with Gasteiger partial charge in [-0.2, -0.15) is 0 Å². The highest BCUT2D eigenvalue weighted by Crippen LogP contribution is 2.72. The van der Waals surface area contributed by atoms with Crippen molar-refractivity contribution in [3.63, 3.8) is 0 Å². The van der Waals surface area contributed by atoms with E-state index in [0.29, 0.717) is 5.76 Å². The summed E-state index contributed by atoms with van der Waals surface area (Å²) >= 11 is 0. The van der Waals surface area contributed by atoms with Gasteiger partial charge in [-0.1, -0.05) is 44.2 Å². The molecule has 1 saturated heterocycles. The zero-order chi connectivity index (χ0) is 19.4. The Kier molecular flexibility index (Phi) is 2.99. The predicted octanol–water partition coefficient (Wildman–Crippen LogP) is 2.74. The van der Waals surface area contributed by atoms with Gasteiger partial charge in [0, 0.05) is 5.92 Å². The summed E-state index contributed by atoms with van der Waals surface area (Å²) < 4.78 is 12.2. The van der Waals surface area contributed by atoms with E-state index in [1.165, 1.54) is 0 Å². The van der Waals surface area contributed by atoms with Crippen molar-refractivity contribution in [2.45, 2.75) is 51.4 Å². The first-order valence-corrected chi connectivity index (χ1v) is 9.51. The number of hydrogen-bond acceptors (Lipinski definition) is 5. The lowest BCUT2D eigenvalue weighted by molar-refractivity contribution is -0.208. The molecule has 27 heavy (non-hydrogen) atoms. The van der Waals surface area contributed by atoms with E-state index in [2.05, 4.69) is 0 Å². The first kappa shape index (κ1) is 17.1. The van der Waals surface area contributed by atoms with Crippen LogP contribution in [0.25, 0.3) is 0 Å². The van der Waals surface area contributed by atoms with Crippen LogP contribution in [0, 0.1) is 16.7 Å². The summed E-state index contributed by atoms with van der Waals surface area (Å²) in [5, 5.41) is 11.8. The zero-order valence-corrected chi connectivity index (χ0v) is 16.0. The Morgan fingerprint density at radius 1 is 1.07 bits per heavy atom. The SMILES string of the molecule is CC1(C)C2CO[C@@]3(C)C(=O)[C@@]1(C)C1=C(C(=O)C[C@H](c4ccccc4)O1)[C@]23O. The summed E-state index contributed by atoms with van der Waals surface area (Å²) in [6, 6.07) is 9.55. The van der Waals surface area contributed by atoms with Crippen LogP contribution in [-0.2, 0) is 19.1 Å². The van der Waals surface area contributed by atoms with E-state index in [9.17, 15) is 14.7 Å². The van der Waals surface area contributed by atoms with Crippen molar-refractivity contribution in [2.24, 2.45) is 16.7 Å². The van der Waals surface area contributed by atoms with E-state index in [0.717, 1.165) is 5.56 Å². The molecule has 1 unspecified atom stereocenters. The molecule has 0 amide bonds. The summed E-state index contributed by atoms with van der Waals surface area (Å²) in [7, 11) is 0. The second-order valence-corrected chi connectivity index (χ2v) is 9.19. The lowest BCUT2D eigenvalue weighted by Crippen LogP contribution is -2.77. The molecule has 1 aromatic rings. The number of hydrogen-bond donors (Lipinski definition) is 1. The highest BCUT2D eigenvalue weighted by Gasteiger charge is 2.83. The third-order valence-corrected chi connectivity index (χ3v) is 7.96. The van der Waals surface area contributed by atoms with Gasteiger partial charge >= 0.3 is 0 Å². The van der Waals surface area contributed by atoms with Gasteiger partial charge in [0.2, 0.25) is 0 Å². The number of rotatable bonds is 1. The van der Waals surface area contributed by atoms with Gasteiger partial charge < -0.3 is 14.6 Å².